The average Bonchev–Trinajstić information content (AvgIpc) is 2.51. The lowest BCUT2D eigenvalue weighted by atomic mass is 10.0. The first kappa shape index (κ1) is 16.0. The largest absolute Gasteiger partial charge is 0.508 e. The molecule has 2 aromatic rings. The van der Waals surface area contributed by atoms with Crippen molar-refractivity contribution in [3.63, 3.8) is 0 Å². The van der Waals surface area contributed by atoms with Gasteiger partial charge in [0.2, 0.25) is 0 Å². The lowest BCUT2D eigenvalue weighted by Gasteiger charge is -2.02. The average molecular weight is 310 g/mol. The topological polar surface area (TPSA) is 94.8 Å². The van der Waals surface area contributed by atoms with Crippen LogP contribution in [0, 0.1) is 0 Å². The van der Waals surface area contributed by atoms with E-state index in [4.69, 9.17) is 5.11 Å². The summed E-state index contributed by atoms with van der Waals surface area (Å²) in [5.41, 5.74) is 1.23. The number of carboxylic acid groups (broad SMARTS) is 1. The zero-order valence-electron chi connectivity index (χ0n) is 12.0. The highest BCUT2D eigenvalue weighted by Crippen LogP contribution is 2.21. The summed E-state index contributed by atoms with van der Waals surface area (Å²) in [6.07, 6.45) is 5.08. The van der Waals surface area contributed by atoms with Crippen LogP contribution in [0.4, 0.5) is 0 Å². The van der Waals surface area contributed by atoms with E-state index in [-0.39, 0.29) is 17.1 Å². The maximum Gasteiger partial charge on any atom is 0.328 e. The number of aromatic hydroxyl groups is 2. The van der Waals surface area contributed by atoms with Gasteiger partial charge in [-0.2, -0.15) is 0 Å². The van der Waals surface area contributed by atoms with Crippen molar-refractivity contribution in [1.82, 2.24) is 0 Å². The minimum atomic E-state index is -1.10. The van der Waals surface area contributed by atoms with E-state index in [1.807, 2.05) is 0 Å². The van der Waals surface area contributed by atoms with Crippen molar-refractivity contribution < 1.29 is 24.9 Å². The third-order valence-corrected chi connectivity index (χ3v) is 3.00. The molecule has 0 aliphatic rings. The summed E-state index contributed by atoms with van der Waals surface area (Å²) >= 11 is 0. The molecular formula is C18H14O5. The summed E-state index contributed by atoms with van der Waals surface area (Å²) in [5.74, 6) is -1.64. The summed E-state index contributed by atoms with van der Waals surface area (Å²) in [7, 11) is 0. The molecular weight excluding hydrogens is 296 g/mol. The molecule has 0 aromatic heterocycles. The molecule has 3 N–H and O–H groups in total. The van der Waals surface area contributed by atoms with Gasteiger partial charge in [0.15, 0.2) is 5.78 Å². The van der Waals surface area contributed by atoms with Crippen LogP contribution in [0.5, 0.6) is 11.5 Å². The van der Waals surface area contributed by atoms with Crippen LogP contribution < -0.4 is 0 Å². The highest BCUT2D eigenvalue weighted by molar-refractivity contribution is 6.08. The molecule has 0 heterocycles. The monoisotopic (exact) mass is 310 g/mol. The second-order valence-corrected chi connectivity index (χ2v) is 4.74. The fourth-order valence-corrected chi connectivity index (χ4v) is 1.92. The Balaban J connectivity index is 2.18. The number of benzene rings is 2. The molecule has 0 amide bonds. The maximum atomic E-state index is 12.1. The van der Waals surface area contributed by atoms with E-state index >= 15 is 0 Å². The van der Waals surface area contributed by atoms with Crippen LogP contribution in [0.3, 0.4) is 0 Å². The van der Waals surface area contributed by atoms with Crippen molar-refractivity contribution in [3.05, 3.63) is 71.3 Å². The van der Waals surface area contributed by atoms with E-state index in [1.165, 1.54) is 48.6 Å². The van der Waals surface area contributed by atoms with Gasteiger partial charge in [0.25, 0.3) is 0 Å². The fraction of sp³-hybridized carbons (Fsp3) is 0. The Morgan fingerprint density at radius 3 is 2.22 bits per heavy atom. The van der Waals surface area contributed by atoms with Crippen molar-refractivity contribution in [2.45, 2.75) is 0 Å². The number of rotatable bonds is 5. The Bertz CT molecular complexity index is 803. The molecule has 0 fully saturated rings. The first-order chi connectivity index (χ1) is 11.0. The molecule has 0 unspecified atom stereocenters. The zero-order valence-corrected chi connectivity index (χ0v) is 12.0. The molecule has 2 rings (SSSR count). The summed E-state index contributed by atoms with van der Waals surface area (Å²) in [6.45, 7) is 0. The van der Waals surface area contributed by atoms with Gasteiger partial charge in [0, 0.05) is 6.08 Å². The number of phenolic OH excluding ortho intramolecular Hbond substituents is 2. The third kappa shape index (κ3) is 4.57. The Morgan fingerprint density at radius 2 is 1.57 bits per heavy atom. The predicted molar refractivity (Wildman–Crippen MR) is 86.2 cm³/mol. The molecule has 0 saturated carbocycles. The lowest BCUT2D eigenvalue weighted by Crippen LogP contribution is -1.95. The smallest absolute Gasteiger partial charge is 0.328 e. The molecule has 0 aliphatic carbocycles. The Labute approximate surface area is 132 Å². The van der Waals surface area contributed by atoms with Gasteiger partial charge in [-0.05, 0) is 47.5 Å². The minimum Gasteiger partial charge on any atom is -0.508 e. The molecule has 5 heteroatoms. The van der Waals surface area contributed by atoms with Crippen LogP contribution in [0.15, 0.2) is 54.6 Å². The Kier molecular flexibility index (Phi) is 4.94. The van der Waals surface area contributed by atoms with Gasteiger partial charge in [-0.25, -0.2) is 4.79 Å². The van der Waals surface area contributed by atoms with E-state index in [2.05, 4.69) is 0 Å². The van der Waals surface area contributed by atoms with Gasteiger partial charge in [-0.15, -0.1) is 0 Å². The maximum absolute atomic E-state index is 12.1. The van der Waals surface area contributed by atoms with Crippen molar-refractivity contribution in [2.75, 3.05) is 0 Å². The third-order valence-electron chi connectivity index (χ3n) is 3.00. The van der Waals surface area contributed by atoms with Gasteiger partial charge in [0.1, 0.15) is 11.5 Å². The summed E-state index contributed by atoms with van der Waals surface area (Å²) in [6, 6.07) is 10.7. The van der Waals surface area contributed by atoms with E-state index in [1.54, 1.807) is 12.1 Å². The minimum absolute atomic E-state index is 0.0945. The summed E-state index contributed by atoms with van der Waals surface area (Å²) < 4.78 is 0. The molecule has 116 valence electrons. The number of carbonyl (C=O) groups excluding carboxylic acids is 1. The number of allylic oxidation sites excluding steroid dienone is 1. The molecule has 0 saturated heterocycles. The fourth-order valence-electron chi connectivity index (χ4n) is 1.92. The molecule has 0 atom stereocenters. The van der Waals surface area contributed by atoms with Crippen molar-refractivity contribution in [3.8, 4) is 11.5 Å². The number of carboxylic acids is 1. The molecule has 0 radical (unpaired) electrons. The number of phenols is 2. The van der Waals surface area contributed by atoms with Gasteiger partial charge >= 0.3 is 5.97 Å². The summed E-state index contributed by atoms with van der Waals surface area (Å²) in [4.78, 5) is 22.5. The molecule has 5 nitrogen and oxygen atoms in total. The Hall–Kier alpha value is -3.34. The van der Waals surface area contributed by atoms with Crippen LogP contribution in [0.25, 0.3) is 12.2 Å². The summed E-state index contributed by atoms with van der Waals surface area (Å²) in [5, 5.41) is 27.8. The van der Waals surface area contributed by atoms with Crippen molar-refractivity contribution in [1.29, 1.82) is 0 Å². The van der Waals surface area contributed by atoms with E-state index in [0.717, 1.165) is 6.08 Å². The first-order valence-electron chi connectivity index (χ1n) is 6.71. The number of hydrogen-bond acceptors (Lipinski definition) is 4. The molecule has 0 spiro atoms. The van der Waals surface area contributed by atoms with E-state index in [9.17, 15) is 19.8 Å². The second kappa shape index (κ2) is 7.09. The highest BCUT2D eigenvalue weighted by atomic mass is 16.4. The molecule has 0 aliphatic heterocycles. The predicted octanol–water partition coefficient (Wildman–Crippen LogP) is 3.09. The second-order valence-electron chi connectivity index (χ2n) is 4.74. The van der Waals surface area contributed by atoms with Gasteiger partial charge in [-0.1, -0.05) is 24.3 Å². The lowest BCUT2D eigenvalue weighted by molar-refractivity contribution is -0.131. The van der Waals surface area contributed by atoms with Gasteiger partial charge in [-0.3, -0.25) is 4.79 Å². The SMILES string of the molecule is O=C(O)/C=C/c1ccc(C(=O)/C=C/c2cccc(O)c2)c(O)c1. The van der Waals surface area contributed by atoms with Gasteiger partial charge in [0.05, 0.1) is 5.56 Å². The molecule has 23 heavy (non-hydrogen) atoms. The Morgan fingerprint density at radius 1 is 0.870 bits per heavy atom. The first-order valence-corrected chi connectivity index (χ1v) is 6.71. The quantitative estimate of drug-likeness (QED) is 0.582. The number of carbonyl (C=O) groups is 2. The van der Waals surface area contributed by atoms with Gasteiger partial charge < -0.3 is 15.3 Å². The van der Waals surface area contributed by atoms with Crippen LogP contribution >= 0.6 is 0 Å². The van der Waals surface area contributed by atoms with E-state index < -0.39 is 11.8 Å². The van der Waals surface area contributed by atoms with Crippen LogP contribution in [-0.4, -0.2) is 27.1 Å². The number of aliphatic carboxylic acids is 1. The standard InChI is InChI=1S/C18H14O5/c19-14-3-1-2-12(10-14)5-8-16(20)15-7-4-13(11-17(15)21)6-9-18(22)23/h1-11,19,21H,(H,22,23)/b8-5+,9-6+. The van der Waals surface area contributed by atoms with Crippen LogP contribution in [0.1, 0.15) is 21.5 Å². The van der Waals surface area contributed by atoms with Crippen LogP contribution in [-0.2, 0) is 4.79 Å². The number of ketones is 1. The van der Waals surface area contributed by atoms with E-state index in [0.29, 0.717) is 11.1 Å². The highest BCUT2D eigenvalue weighted by Gasteiger charge is 2.08. The van der Waals surface area contributed by atoms with Crippen molar-refractivity contribution >= 4 is 23.9 Å². The molecule has 2 aromatic carbocycles. The van der Waals surface area contributed by atoms with Crippen molar-refractivity contribution in [2.24, 2.45) is 0 Å². The molecule has 0 bridgehead atoms. The zero-order chi connectivity index (χ0) is 16.8. The normalized spacial score (nSPS) is 11.1. The van der Waals surface area contributed by atoms with Crippen LogP contribution in [0.2, 0.25) is 0 Å². The number of hydrogen-bond donors (Lipinski definition) is 3.